The van der Waals surface area contributed by atoms with Gasteiger partial charge in [-0.1, -0.05) is 42.5 Å². The fourth-order valence-electron chi connectivity index (χ4n) is 2.14. The normalized spacial score (nSPS) is 13.2. The van der Waals surface area contributed by atoms with Gasteiger partial charge in [-0.15, -0.1) is 0 Å². The maximum absolute atomic E-state index is 12.2. The molecule has 0 spiro atoms. The zero-order valence-corrected chi connectivity index (χ0v) is 12.3. The smallest absolute Gasteiger partial charge is 0.224 e. The van der Waals surface area contributed by atoms with E-state index in [0.717, 1.165) is 16.3 Å². The molecule has 2 aromatic rings. The third kappa shape index (κ3) is 3.17. The Labute approximate surface area is 120 Å². The standard InChI is InChI=1S/C17H22N2O/c1-12(18)17(2,3)19-16(20)11-14-9-6-8-13-7-4-5-10-15(13)14/h4-10,12H,11,18H2,1-3H3,(H,19,20). The summed E-state index contributed by atoms with van der Waals surface area (Å²) in [5, 5.41) is 5.29. The zero-order valence-electron chi connectivity index (χ0n) is 12.3. The first-order chi connectivity index (χ1) is 9.40. The number of hydrogen-bond acceptors (Lipinski definition) is 2. The molecule has 0 saturated heterocycles. The number of benzene rings is 2. The Kier molecular flexibility index (Phi) is 4.09. The molecule has 3 heteroatoms. The quantitative estimate of drug-likeness (QED) is 0.897. The molecule has 1 amide bonds. The van der Waals surface area contributed by atoms with E-state index in [1.165, 1.54) is 0 Å². The van der Waals surface area contributed by atoms with Crippen molar-refractivity contribution in [3.05, 3.63) is 48.0 Å². The molecule has 0 fully saturated rings. The molecule has 0 aliphatic heterocycles. The van der Waals surface area contributed by atoms with Crippen LogP contribution in [0.25, 0.3) is 10.8 Å². The van der Waals surface area contributed by atoms with Crippen LogP contribution in [0.2, 0.25) is 0 Å². The second-order valence-corrected chi connectivity index (χ2v) is 5.87. The van der Waals surface area contributed by atoms with Crippen LogP contribution in [0.1, 0.15) is 26.3 Å². The second kappa shape index (κ2) is 5.63. The van der Waals surface area contributed by atoms with E-state index < -0.39 is 5.54 Å². The summed E-state index contributed by atoms with van der Waals surface area (Å²) in [6.07, 6.45) is 0.373. The largest absolute Gasteiger partial charge is 0.349 e. The Bertz CT molecular complexity index is 612. The van der Waals surface area contributed by atoms with Gasteiger partial charge >= 0.3 is 0 Å². The molecule has 0 radical (unpaired) electrons. The van der Waals surface area contributed by atoms with Crippen molar-refractivity contribution in [3.63, 3.8) is 0 Å². The summed E-state index contributed by atoms with van der Waals surface area (Å²) in [6.45, 7) is 5.79. The van der Waals surface area contributed by atoms with Crippen molar-refractivity contribution in [1.82, 2.24) is 5.32 Å². The average molecular weight is 270 g/mol. The number of rotatable bonds is 4. The van der Waals surface area contributed by atoms with E-state index in [1.807, 2.05) is 45.0 Å². The molecule has 0 heterocycles. The number of nitrogens with two attached hydrogens (primary N) is 1. The Morgan fingerprint density at radius 1 is 1.20 bits per heavy atom. The van der Waals surface area contributed by atoms with Crippen LogP contribution in [0.5, 0.6) is 0 Å². The first-order valence-corrected chi connectivity index (χ1v) is 6.93. The average Bonchev–Trinajstić information content (AvgIpc) is 2.38. The highest BCUT2D eigenvalue weighted by molar-refractivity contribution is 5.90. The zero-order chi connectivity index (χ0) is 14.8. The van der Waals surface area contributed by atoms with Crippen LogP contribution >= 0.6 is 0 Å². The fourth-order valence-corrected chi connectivity index (χ4v) is 2.14. The molecule has 0 aliphatic carbocycles. The van der Waals surface area contributed by atoms with Crippen LogP contribution in [0.15, 0.2) is 42.5 Å². The van der Waals surface area contributed by atoms with Gasteiger partial charge in [0.2, 0.25) is 5.91 Å². The van der Waals surface area contributed by atoms with Crippen molar-refractivity contribution < 1.29 is 4.79 Å². The molecule has 0 saturated carbocycles. The summed E-state index contributed by atoms with van der Waals surface area (Å²) in [5.41, 5.74) is 6.53. The first kappa shape index (κ1) is 14.5. The molecule has 0 bridgehead atoms. The number of amides is 1. The van der Waals surface area contributed by atoms with Crippen molar-refractivity contribution in [1.29, 1.82) is 0 Å². The van der Waals surface area contributed by atoms with Crippen molar-refractivity contribution in [3.8, 4) is 0 Å². The fraction of sp³-hybridized carbons (Fsp3) is 0.353. The molecule has 3 nitrogen and oxygen atoms in total. The van der Waals surface area contributed by atoms with Gasteiger partial charge in [-0.05, 0) is 37.1 Å². The number of nitrogens with one attached hydrogen (secondary N) is 1. The molecule has 2 rings (SSSR count). The van der Waals surface area contributed by atoms with Crippen LogP contribution in [-0.2, 0) is 11.2 Å². The second-order valence-electron chi connectivity index (χ2n) is 5.87. The number of carbonyl (C=O) groups is 1. The topological polar surface area (TPSA) is 55.1 Å². The summed E-state index contributed by atoms with van der Waals surface area (Å²) in [6, 6.07) is 14.1. The molecular formula is C17H22N2O. The van der Waals surface area contributed by atoms with Gasteiger partial charge in [0, 0.05) is 11.6 Å². The van der Waals surface area contributed by atoms with Gasteiger partial charge in [0.25, 0.3) is 0 Å². The van der Waals surface area contributed by atoms with E-state index in [9.17, 15) is 4.79 Å². The Morgan fingerprint density at radius 2 is 1.85 bits per heavy atom. The lowest BCUT2D eigenvalue weighted by Gasteiger charge is -2.30. The Balaban J connectivity index is 2.19. The monoisotopic (exact) mass is 270 g/mol. The van der Waals surface area contributed by atoms with E-state index in [-0.39, 0.29) is 11.9 Å². The summed E-state index contributed by atoms with van der Waals surface area (Å²) < 4.78 is 0. The molecule has 2 aromatic carbocycles. The lowest BCUT2D eigenvalue weighted by Crippen LogP contribution is -2.54. The number of carbonyl (C=O) groups excluding carboxylic acids is 1. The maximum Gasteiger partial charge on any atom is 0.224 e. The van der Waals surface area contributed by atoms with E-state index in [2.05, 4.69) is 23.5 Å². The highest BCUT2D eigenvalue weighted by Gasteiger charge is 2.24. The molecule has 0 aliphatic rings. The molecule has 3 N–H and O–H groups in total. The third-order valence-electron chi connectivity index (χ3n) is 3.83. The molecule has 1 unspecified atom stereocenters. The van der Waals surface area contributed by atoms with Crippen molar-refractivity contribution in [2.45, 2.75) is 38.8 Å². The Morgan fingerprint density at radius 3 is 2.55 bits per heavy atom. The molecule has 106 valence electrons. The SMILES string of the molecule is CC(N)C(C)(C)NC(=O)Cc1cccc2ccccc12. The highest BCUT2D eigenvalue weighted by Crippen LogP contribution is 2.19. The van der Waals surface area contributed by atoms with Gasteiger partial charge in [-0.25, -0.2) is 0 Å². The lowest BCUT2D eigenvalue weighted by atomic mass is 9.96. The minimum Gasteiger partial charge on any atom is -0.349 e. The summed E-state index contributed by atoms with van der Waals surface area (Å²) in [4.78, 5) is 12.2. The van der Waals surface area contributed by atoms with E-state index in [0.29, 0.717) is 6.42 Å². The van der Waals surface area contributed by atoms with Crippen molar-refractivity contribution in [2.75, 3.05) is 0 Å². The van der Waals surface area contributed by atoms with Crippen molar-refractivity contribution >= 4 is 16.7 Å². The van der Waals surface area contributed by atoms with Crippen LogP contribution in [0.4, 0.5) is 0 Å². The van der Waals surface area contributed by atoms with Crippen LogP contribution < -0.4 is 11.1 Å². The minimum atomic E-state index is -0.401. The molecule has 20 heavy (non-hydrogen) atoms. The van der Waals surface area contributed by atoms with Gasteiger partial charge in [-0.2, -0.15) is 0 Å². The van der Waals surface area contributed by atoms with Gasteiger partial charge in [0.15, 0.2) is 0 Å². The van der Waals surface area contributed by atoms with Crippen molar-refractivity contribution in [2.24, 2.45) is 5.73 Å². The lowest BCUT2D eigenvalue weighted by molar-refractivity contribution is -0.122. The van der Waals surface area contributed by atoms with Gasteiger partial charge in [0.05, 0.1) is 6.42 Å². The van der Waals surface area contributed by atoms with Gasteiger partial charge < -0.3 is 11.1 Å². The van der Waals surface area contributed by atoms with Crippen LogP contribution in [0, 0.1) is 0 Å². The maximum atomic E-state index is 12.2. The highest BCUT2D eigenvalue weighted by atomic mass is 16.1. The van der Waals surface area contributed by atoms with E-state index in [1.54, 1.807) is 0 Å². The van der Waals surface area contributed by atoms with Crippen LogP contribution in [0.3, 0.4) is 0 Å². The predicted octanol–water partition coefficient (Wildman–Crippen LogP) is 2.62. The summed E-state index contributed by atoms with van der Waals surface area (Å²) >= 11 is 0. The first-order valence-electron chi connectivity index (χ1n) is 6.93. The molecule has 0 aromatic heterocycles. The van der Waals surface area contributed by atoms with Gasteiger partial charge in [0.1, 0.15) is 0 Å². The molecular weight excluding hydrogens is 248 g/mol. The predicted molar refractivity (Wildman–Crippen MR) is 83.5 cm³/mol. The minimum absolute atomic E-state index is 0.00338. The number of fused-ring (bicyclic) bond motifs is 1. The molecule has 1 atom stereocenters. The third-order valence-corrected chi connectivity index (χ3v) is 3.83. The Hall–Kier alpha value is -1.87. The summed E-state index contributed by atoms with van der Waals surface area (Å²) in [7, 11) is 0. The van der Waals surface area contributed by atoms with E-state index in [4.69, 9.17) is 5.73 Å². The summed E-state index contributed by atoms with van der Waals surface area (Å²) in [5.74, 6) is 0.00338. The van der Waals surface area contributed by atoms with Crippen LogP contribution in [-0.4, -0.2) is 17.5 Å². The number of hydrogen-bond donors (Lipinski definition) is 2. The van der Waals surface area contributed by atoms with Gasteiger partial charge in [-0.3, -0.25) is 4.79 Å². The van der Waals surface area contributed by atoms with E-state index >= 15 is 0 Å².